The van der Waals surface area contributed by atoms with Crippen LogP contribution < -0.4 is 5.32 Å². The van der Waals surface area contributed by atoms with Gasteiger partial charge in [0, 0.05) is 29.1 Å². The fourth-order valence-corrected chi connectivity index (χ4v) is 4.47. The van der Waals surface area contributed by atoms with E-state index >= 15 is 0 Å². The van der Waals surface area contributed by atoms with Gasteiger partial charge in [0.25, 0.3) is 0 Å². The van der Waals surface area contributed by atoms with E-state index in [0.29, 0.717) is 5.54 Å². The Bertz CT molecular complexity index is 236. The molecule has 3 heteroatoms. The molecule has 0 radical (unpaired) electrons. The van der Waals surface area contributed by atoms with Crippen LogP contribution in [0.15, 0.2) is 0 Å². The van der Waals surface area contributed by atoms with Crippen molar-refractivity contribution in [2.45, 2.75) is 62.3 Å². The molecule has 1 heterocycles. The number of hydrogen-bond acceptors (Lipinski definition) is 3. The first kappa shape index (κ1) is 13.7. The molecular formula is C14H28N2S. The van der Waals surface area contributed by atoms with Gasteiger partial charge in [-0.2, -0.15) is 11.8 Å². The lowest BCUT2D eigenvalue weighted by atomic mass is 9.80. The monoisotopic (exact) mass is 256 g/mol. The van der Waals surface area contributed by atoms with Gasteiger partial charge >= 0.3 is 0 Å². The smallest absolute Gasteiger partial charge is 0.0327 e. The molecule has 1 saturated heterocycles. The summed E-state index contributed by atoms with van der Waals surface area (Å²) in [5, 5.41) is 4.70. The maximum absolute atomic E-state index is 3.84. The lowest BCUT2D eigenvalue weighted by Crippen LogP contribution is -2.54. The molecule has 2 unspecified atom stereocenters. The van der Waals surface area contributed by atoms with Crippen molar-refractivity contribution >= 4 is 11.8 Å². The van der Waals surface area contributed by atoms with E-state index in [1.165, 1.54) is 50.8 Å². The lowest BCUT2D eigenvalue weighted by molar-refractivity contribution is 0.0959. The van der Waals surface area contributed by atoms with Crippen molar-refractivity contribution in [2.75, 3.05) is 26.4 Å². The number of hydrogen-bond donors (Lipinski definition) is 1. The van der Waals surface area contributed by atoms with Crippen molar-refractivity contribution in [3.8, 4) is 0 Å². The summed E-state index contributed by atoms with van der Waals surface area (Å²) in [6.45, 7) is 3.55. The minimum atomic E-state index is 0.439. The Morgan fingerprint density at radius 3 is 2.47 bits per heavy atom. The summed E-state index contributed by atoms with van der Waals surface area (Å²) in [4.78, 5) is 2.48. The number of nitrogens with zero attached hydrogens (tertiary/aromatic N) is 1. The van der Waals surface area contributed by atoms with E-state index < -0.39 is 0 Å². The minimum absolute atomic E-state index is 0.439. The number of rotatable bonds is 4. The Morgan fingerprint density at radius 1 is 1.24 bits per heavy atom. The fourth-order valence-electron chi connectivity index (χ4n) is 3.29. The maximum atomic E-state index is 3.84. The molecule has 2 rings (SSSR count). The van der Waals surface area contributed by atoms with Crippen LogP contribution in [0.4, 0.5) is 0 Å². The fraction of sp³-hybridized carbons (Fsp3) is 1.00. The van der Waals surface area contributed by atoms with Crippen LogP contribution in [0, 0.1) is 0 Å². The second-order valence-corrected chi connectivity index (χ2v) is 7.61. The van der Waals surface area contributed by atoms with Crippen LogP contribution in [-0.4, -0.2) is 48.1 Å². The van der Waals surface area contributed by atoms with Gasteiger partial charge in [-0.25, -0.2) is 0 Å². The highest BCUT2D eigenvalue weighted by Crippen LogP contribution is 2.32. The van der Waals surface area contributed by atoms with Crippen LogP contribution in [0.1, 0.15) is 45.4 Å². The van der Waals surface area contributed by atoms with Crippen molar-refractivity contribution in [1.29, 1.82) is 0 Å². The van der Waals surface area contributed by atoms with Crippen LogP contribution >= 0.6 is 11.8 Å². The molecule has 17 heavy (non-hydrogen) atoms. The SMILES string of the molecule is CC1CC(NCC2(N(C)C)CCCCC2)CS1. The Kier molecular flexibility index (Phi) is 4.79. The summed E-state index contributed by atoms with van der Waals surface area (Å²) in [5.41, 5.74) is 0.439. The highest BCUT2D eigenvalue weighted by atomic mass is 32.2. The van der Waals surface area contributed by atoms with Gasteiger partial charge in [0.15, 0.2) is 0 Å². The van der Waals surface area contributed by atoms with Crippen molar-refractivity contribution < 1.29 is 0 Å². The topological polar surface area (TPSA) is 15.3 Å². The summed E-state index contributed by atoms with van der Waals surface area (Å²) < 4.78 is 0. The quantitative estimate of drug-likeness (QED) is 0.832. The molecule has 2 fully saturated rings. The van der Waals surface area contributed by atoms with Crippen molar-refractivity contribution in [3.63, 3.8) is 0 Å². The second kappa shape index (κ2) is 5.94. The van der Waals surface area contributed by atoms with Gasteiger partial charge in [-0.1, -0.05) is 26.2 Å². The van der Waals surface area contributed by atoms with E-state index in [1.54, 1.807) is 0 Å². The van der Waals surface area contributed by atoms with E-state index in [1.807, 2.05) is 0 Å². The Hall–Kier alpha value is 0.270. The van der Waals surface area contributed by atoms with Crippen LogP contribution in [0.2, 0.25) is 0 Å². The first-order chi connectivity index (χ1) is 8.12. The van der Waals surface area contributed by atoms with E-state index in [4.69, 9.17) is 0 Å². The second-order valence-electron chi connectivity index (χ2n) is 6.14. The highest BCUT2D eigenvalue weighted by molar-refractivity contribution is 8.00. The third-order valence-corrected chi connectivity index (χ3v) is 6.01. The van der Waals surface area contributed by atoms with Gasteiger partial charge in [0.1, 0.15) is 0 Å². The van der Waals surface area contributed by atoms with Crippen molar-refractivity contribution in [3.05, 3.63) is 0 Å². The first-order valence-corrected chi connectivity index (χ1v) is 8.20. The molecule has 2 aliphatic rings. The Morgan fingerprint density at radius 2 is 1.94 bits per heavy atom. The van der Waals surface area contributed by atoms with E-state index in [9.17, 15) is 0 Å². The zero-order valence-corrected chi connectivity index (χ0v) is 12.5. The zero-order chi connectivity index (χ0) is 12.3. The molecular weight excluding hydrogens is 228 g/mol. The molecule has 1 N–H and O–H groups in total. The van der Waals surface area contributed by atoms with Gasteiger partial charge in [0.2, 0.25) is 0 Å². The maximum Gasteiger partial charge on any atom is 0.0327 e. The minimum Gasteiger partial charge on any atom is -0.311 e. The van der Waals surface area contributed by atoms with Crippen LogP contribution in [0.3, 0.4) is 0 Å². The molecule has 0 aromatic rings. The van der Waals surface area contributed by atoms with E-state index in [2.05, 4.69) is 43.0 Å². The molecule has 2 atom stereocenters. The average Bonchev–Trinajstić information content (AvgIpc) is 2.74. The van der Waals surface area contributed by atoms with Crippen molar-refractivity contribution in [1.82, 2.24) is 10.2 Å². The van der Waals surface area contributed by atoms with Gasteiger partial charge < -0.3 is 10.2 Å². The summed E-state index contributed by atoms with van der Waals surface area (Å²) in [6, 6.07) is 0.758. The Balaban J connectivity index is 1.85. The molecule has 100 valence electrons. The lowest BCUT2D eigenvalue weighted by Gasteiger charge is -2.44. The summed E-state index contributed by atoms with van der Waals surface area (Å²) >= 11 is 2.12. The third-order valence-electron chi connectivity index (χ3n) is 4.65. The highest BCUT2D eigenvalue weighted by Gasteiger charge is 2.35. The largest absolute Gasteiger partial charge is 0.311 e. The summed E-state index contributed by atoms with van der Waals surface area (Å²) in [5.74, 6) is 1.31. The van der Waals surface area contributed by atoms with E-state index in [0.717, 1.165) is 11.3 Å². The first-order valence-electron chi connectivity index (χ1n) is 7.15. The predicted octanol–water partition coefficient (Wildman–Crippen LogP) is 2.73. The summed E-state index contributed by atoms with van der Waals surface area (Å²) in [7, 11) is 4.53. The van der Waals surface area contributed by atoms with Crippen LogP contribution in [0.25, 0.3) is 0 Å². The van der Waals surface area contributed by atoms with Crippen LogP contribution in [-0.2, 0) is 0 Å². The molecule has 0 aromatic heterocycles. The van der Waals surface area contributed by atoms with Gasteiger partial charge in [0.05, 0.1) is 0 Å². The molecule has 0 amide bonds. The van der Waals surface area contributed by atoms with Gasteiger partial charge in [-0.05, 0) is 33.4 Å². The van der Waals surface area contributed by atoms with E-state index in [-0.39, 0.29) is 0 Å². The van der Waals surface area contributed by atoms with Gasteiger partial charge in [-0.15, -0.1) is 0 Å². The normalized spacial score (nSPS) is 33.2. The molecule has 0 spiro atoms. The molecule has 1 saturated carbocycles. The molecule has 2 nitrogen and oxygen atoms in total. The molecule has 1 aliphatic heterocycles. The van der Waals surface area contributed by atoms with Crippen molar-refractivity contribution in [2.24, 2.45) is 0 Å². The Labute approximate surface area is 111 Å². The molecule has 0 bridgehead atoms. The number of thioether (sulfide) groups is 1. The predicted molar refractivity (Wildman–Crippen MR) is 77.8 cm³/mol. The van der Waals surface area contributed by atoms with Crippen LogP contribution in [0.5, 0.6) is 0 Å². The van der Waals surface area contributed by atoms with Gasteiger partial charge in [-0.3, -0.25) is 0 Å². The summed E-state index contributed by atoms with van der Waals surface area (Å²) in [6.07, 6.45) is 8.37. The number of likely N-dealkylation sites (N-methyl/N-ethyl adjacent to an activating group) is 1. The third kappa shape index (κ3) is 3.39. The molecule has 0 aromatic carbocycles. The molecule has 1 aliphatic carbocycles. The standard InChI is InChI=1S/C14H28N2S/c1-12-9-13(10-17-12)15-11-14(16(2)3)7-5-4-6-8-14/h12-13,15H,4-11H2,1-3H3. The zero-order valence-electron chi connectivity index (χ0n) is 11.7. The average molecular weight is 256 g/mol. The number of nitrogens with one attached hydrogen (secondary N) is 1.